The molecule has 0 radical (unpaired) electrons. The van der Waals surface area contributed by atoms with Crippen molar-refractivity contribution in [3.63, 3.8) is 0 Å². The van der Waals surface area contributed by atoms with Crippen LogP contribution in [0.1, 0.15) is 10.4 Å². The summed E-state index contributed by atoms with van der Waals surface area (Å²) in [6, 6.07) is 5.91. The van der Waals surface area contributed by atoms with Gasteiger partial charge in [-0.2, -0.15) is 0 Å². The van der Waals surface area contributed by atoms with Crippen LogP contribution in [0.5, 0.6) is 0 Å². The molecule has 0 saturated carbocycles. The monoisotopic (exact) mass is 169 g/mol. The van der Waals surface area contributed by atoms with Crippen molar-refractivity contribution in [1.82, 2.24) is 0 Å². The molecule has 0 aliphatic carbocycles. The van der Waals surface area contributed by atoms with Crippen LogP contribution in [0.15, 0.2) is 29.2 Å². The van der Waals surface area contributed by atoms with Gasteiger partial charge in [0.15, 0.2) is 0 Å². The average molecular weight is 169 g/mol. The Bertz CT molecular complexity index is 295. The van der Waals surface area contributed by atoms with Crippen LogP contribution in [0.4, 0.5) is 0 Å². The first-order valence-corrected chi connectivity index (χ1v) is 3.61. The normalized spacial score (nSPS) is 9.09. The van der Waals surface area contributed by atoms with E-state index in [1.165, 1.54) is 12.1 Å². The largest absolute Gasteiger partial charge is 0.505 e. The molecule has 56 valence electrons. The third-order valence-electron chi connectivity index (χ3n) is 1.18. The Labute approximate surface area is 67.2 Å². The first-order chi connectivity index (χ1) is 5.24. The minimum atomic E-state index is -1.01. The maximum atomic E-state index is 10.4. The van der Waals surface area contributed by atoms with Crippen molar-refractivity contribution in [1.29, 1.82) is 0 Å². The summed E-state index contributed by atoms with van der Waals surface area (Å²) in [7, 11) is 0. The van der Waals surface area contributed by atoms with Gasteiger partial charge < -0.3 is 5.11 Å². The molecule has 4 heteroatoms. The van der Waals surface area contributed by atoms with Gasteiger partial charge in [-0.15, -0.1) is 0 Å². The van der Waals surface area contributed by atoms with Gasteiger partial charge in [0, 0.05) is 16.3 Å². The molecule has 3 nitrogen and oxygen atoms in total. The fourth-order valence-electron chi connectivity index (χ4n) is 0.681. The second-order valence-electron chi connectivity index (χ2n) is 1.92. The molecule has 0 unspecified atom stereocenters. The van der Waals surface area contributed by atoms with Gasteiger partial charge in [0.1, 0.15) is 0 Å². The molecule has 0 bridgehead atoms. The SMILES string of the molecule is O=[S+]c1cccc(C(=O)O)c1. The maximum absolute atomic E-state index is 10.4. The second-order valence-corrected chi connectivity index (χ2v) is 2.55. The maximum Gasteiger partial charge on any atom is 0.505 e. The summed E-state index contributed by atoms with van der Waals surface area (Å²) in [6.07, 6.45) is 0. The fourth-order valence-corrected chi connectivity index (χ4v) is 0.990. The number of carbonyl (C=O) groups is 1. The van der Waals surface area contributed by atoms with Gasteiger partial charge in [-0.25, -0.2) is 4.79 Å². The van der Waals surface area contributed by atoms with Crippen LogP contribution in [-0.2, 0) is 15.9 Å². The van der Waals surface area contributed by atoms with Crippen LogP contribution in [0.2, 0.25) is 0 Å². The summed E-state index contributed by atoms with van der Waals surface area (Å²) in [4.78, 5) is 10.8. The first kappa shape index (κ1) is 7.81. The lowest BCUT2D eigenvalue weighted by atomic mass is 10.2. The van der Waals surface area contributed by atoms with E-state index in [4.69, 9.17) is 5.11 Å². The minimum absolute atomic E-state index is 0.144. The van der Waals surface area contributed by atoms with Crippen molar-refractivity contribution in [3.05, 3.63) is 29.8 Å². The van der Waals surface area contributed by atoms with Crippen LogP contribution >= 0.6 is 0 Å². The van der Waals surface area contributed by atoms with Crippen molar-refractivity contribution >= 4 is 17.6 Å². The highest BCUT2D eigenvalue weighted by atomic mass is 32.1. The van der Waals surface area contributed by atoms with Crippen molar-refractivity contribution in [2.45, 2.75) is 4.90 Å². The van der Waals surface area contributed by atoms with Crippen molar-refractivity contribution in [2.24, 2.45) is 0 Å². The molecule has 1 rings (SSSR count). The molecule has 0 amide bonds. The smallest absolute Gasteiger partial charge is 0.478 e. The average Bonchev–Trinajstić information content (AvgIpc) is 2.05. The van der Waals surface area contributed by atoms with E-state index >= 15 is 0 Å². The summed E-state index contributed by atoms with van der Waals surface area (Å²) >= 11 is 0.287. The molecule has 0 aliphatic heterocycles. The Kier molecular flexibility index (Phi) is 2.28. The molecule has 0 fully saturated rings. The van der Waals surface area contributed by atoms with Crippen molar-refractivity contribution in [2.75, 3.05) is 0 Å². The van der Waals surface area contributed by atoms with E-state index in [9.17, 15) is 9.00 Å². The van der Waals surface area contributed by atoms with Gasteiger partial charge >= 0.3 is 17.6 Å². The van der Waals surface area contributed by atoms with E-state index in [0.717, 1.165) is 0 Å². The Balaban J connectivity index is 3.10. The van der Waals surface area contributed by atoms with Gasteiger partial charge in [0.25, 0.3) is 4.90 Å². The van der Waals surface area contributed by atoms with E-state index in [0.29, 0.717) is 4.90 Å². The van der Waals surface area contributed by atoms with Crippen LogP contribution in [0, 0.1) is 0 Å². The molecule has 0 atom stereocenters. The lowest BCUT2D eigenvalue weighted by Gasteiger charge is -1.87. The summed E-state index contributed by atoms with van der Waals surface area (Å²) < 4.78 is 10.2. The number of rotatable bonds is 2. The molecule has 0 aromatic heterocycles. The van der Waals surface area contributed by atoms with Crippen molar-refractivity contribution < 1.29 is 14.1 Å². The molecule has 1 aromatic carbocycles. The number of benzene rings is 1. The molecule has 11 heavy (non-hydrogen) atoms. The third kappa shape index (κ3) is 1.81. The van der Waals surface area contributed by atoms with Gasteiger partial charge in [0.2, 0.25) is 0 Å². The summed E-state index contributed by atoms with van der Waals surface area (Å²) in [5, 5.41) is 8.49. The standard InChI is InChI=1S/C7H4O3S/c8-7(9)5-2-1-3-6(4-5)11-10/h1-4H/p+1. The Morgan fingerprint density at radius 3 is 2.73 bits per heavy atom. The van der Waals surface area contributed by atoms with Crippen LogP contribution in [-0.4, -0.2) is 11.1 Å². The highest BCUT2D eigenvalue weighted by Gasteiger charge is 2.09. The van der Waals surface area contributed by atoms with Crippen LogP contribution in [0.25, 0.3) is 0 Å². The lowest BCUT2D eigenvalue weighted by Crippen LogP contribution is -1.95. The third-order valence-corrected chi connectivity index (χ3v) is 1.62. The molecular weight excluding hydrogens is 164 g/mol. The summed E-state index contributed by atoms with van der Waals surface area (Å²) in [5.41, 5.74) is 0.144. The van der Waals surface area contributed by atoms with Crippen molar-refractivity contribution in [3.8, 4) is 0 Å². The van der Waals surface area contributed by atoms with Gasteiger partial charge in [-0.1, -0.05) is 6.07 Å². The number of aromatic carboxylic acids is 1. The number of carboxylic acid groups (broad SMARTS) is 1. The molecule has 0 saturated heterocycles. The predicted molar refractivity (Wildman–Crippen MR) is 39.7 cm³/mol. The van der Waals surface area contributed by atoms with Gasteiger partial charge in [0.05, 0.1) is 5.56 Å². The molecule has 0 aliphatic rings. The van der Waals surface area contributed by atoms with Crippen LogP contribution < -0.4 is 0 Å². The Hall–Kier alpha value is -1.29. The van der Waals surface area contributed by atoms with E-state index in [1.807, 2.05) is 0 Å². The minimum Gasteiger partial charge on any atom is -0.478 e. The predicted octanol–water partition coefficient (Wildman–Crippen LogP) is 1.17. The zero-order chi connectivity index (χ0) is 8.27. The summed E-state index contributed by atoms with van der Waals surface area (Å²) in [5.74, 6) is -1.01. The summed E-state index contributed by atoms with van der Waals surface area (Å²) in [6.45, 7) is 0. The van der Waals surface area contributed by atoms with Gasteiger partial charge in [-0.3, -0.25) is 0 Å². The molecule has 1 N–H and O–H groups in total. The highest BCUT2D eigenvalue weighted by Crippen LogP contribution is 2.04. The number of hydrogen-bond acceptors (Lipinski definition) is 2. The van der Waals surface area contributed by atoms with E-state index in [2.05, 4.69) is 0 Å². The highest BCUT2D eigenvalue weighted by molar-refractivity contribution is 7.65. The molecule has 1 aromatic rings. The number of hydrogen-bond donors (Lipinski definition) is 1. The lowest BCUT2D eigenvalue weighted by molar-refractivity contribution is 0.0696. The van der Waals surface area contributed by atoms with E-state index in [-0.39, 0.29) is 17.2 Å². The zero-order valence-electron chi connectivity index (χ0n) is 5.48. The van der Waals surface area contributed by atoms with Crippen LogP contribution in [0.3, 0.4) is 0 Å². The van der Waals surface area contributed by atoms with Gasteiger partial charge in [-0.05, 0) is 6.07 Å². The fraction of sp³-hybridized carbons (Fsp3) is 0. The zero-order valence-corrected chi connectivity index (χ0v) is 6.30. The topological polar surface area (TPSA) is 54.4 Å². The second kappa shape index (κ2) is 3.21. The number of carboxylic acids is 1. The first-order valence-electron chi connectivity index (χ1n) is 2.87. The van der Waals surface area contributed by atoms with E-state index < -0.39 is 5.97 Å². The molecule has 0 spiro atoms. The quantitative estimate of drug-likeness (QED) is 0.676. The Morgan fingerprint density at radius 1 is 1.45 bits per heavy atom. The van der Waals surface area contributed by atoms with E-state index in [1.54, 1.807) is 12.1 Å². The Morgan fingerprint density at radius 2 is 2.18 bits per heavy atom. The molecule has 0 heterocycles. The molecular formula is C7H5O3S+.